The summed E-state index contributed by atoms with van der Waals surface area (Å²) in [6.45, 7) is 4.75. The molecule has 282 valence electrons. The number of rotatable bonds is 6. The van der Waals surface area contributed by atoms with Gasteiger partial charge in [0.2, 0.25) is 0 Å². The van der Waals surface area contributed by atoms with Crippen LogP contribution in [0.4, 0.5) is 17.1 Å². The first-order valence-corrected chi connectivity index (χ1v) is 21.7. The second kappa shape index (κ2) is 12.8. The predicted molar refractivity (Wildman–Crippen MR) is 244 cm³/mol. The summed E-state index contributed by atoms with van der Waals surface area (Å²) in [5, 5.41) is 4.98. The molecular weight excluding hydrogens is 699 g/mol. The topological polar surface area (TPSA) is 3.24 Å². The number of fused-ring (bicyclic) bond motifs is 5. The molecule has 8 aromatic carbocycles. The lowest BCUT2D eigenvalue weighted by Gasteiger charge is -2.57. The highest BCUT2D eigenvalue weighted by atomic mass is 15.1. The van der Waals surface area contributed by atoms with Gasteiger partial charge >= 0.3 is 0 Å². The lowest BCUT2D eigenvalue weighted by molar-refractivity contribution is -0.00518. The van der Waals surface area contributed by atoms with Crippen molar-refractivity contribution in [3.8, 4) is 33.4 Å². The van der Waals surface area contributed by atoms with Crippen LogP contribution in [0.15, 0.2) is 170 Å². The van der Waals surface area contributed by atoms with Gasteiger partial charge in [0.25, 0.3) is 0 Å². The van der Waals surface area contributed by atoms with Gasteiger partial charge in [0.1, 0.15) is 0 Å². The van der Waals surface area contributed by atoms with Gasteiger partial charge in [-0.1, -0.05) is 153 Å². The van der Waals surface area contributed by atoms with Crippen molar-refractivity contribution in [2.45, 2.75) is 63.2 Å². The van der Waals surface area contributed by atoms with E-state index in [0.717, 1.165) is 23.4 Å². The fraction of sp³-hybridized carbons (Fsp3) is 0.228. The van der Waals surface area contributed by atoms with Crippen molar-refractivity contribution in [2.75, 3.05) is 4.90 Å². The molecule has 13 rings (SSSR count). The van der Waals surface area contributed by atoms with Gasteiger partial charge in [0.05, 0.1) is 5.69 Å². The van der Waals surface area contributed by atoms with Gasteiger partial charge in [-0.3, -0.25) is 0 Å². The molecule has 0 heterocycles. The molecule has 0 unspecified atom stereocenters. The zero-order chi connectivity index (χ0) is 38.6. The molecule has 0 spiro atoms. The molecule has 4 fully saturated rings. The lowest BCUT2D eigenvalue weighted by atomic mass is 9.48. The number of benzene rings is 8. The van der Waals surface area contributed by atoms with Crippen LogP contribution in [0.2, 0.25) is 0 Å². The van der Waals surface area contributed by atoms with E-state index in [1.54, 1.807) is 5.56 Å². The maximum absolute atomic E-state index is 2.50. The smallest absolute Gasteiger partial charge is 0.0618 e. The molecule has 0 radical (unpaired) electrons. The Balaban J connectivity index is 0.906. The van der Waals surface area contributed by atoms with Crippen molar-refractivity contribution in [3.63, 3.8) is 0 Å². The Morgan fingerprint density at radius 3 is 1.48 bits per heavy atom. The van der Waals surface area contributed by atoms with Crippen molar-refractivity contribution in [1.82, 2.24) is 0 Å². The Morgan fingerprint density at radius 1 is 0.431 bits per heavy atom. The third kappa shape index (κ3) is 5.29. The molecule has 4 saturated carbocycles. The number of hydrogen-bond donors (Lipinski definition) is 0. The Morgan fingerprint density at radius 2 is 0.897 bits per heavy atom. The molecule has 0 saturated heterocycles. The van der Waals surface area contributed by atoms with E-state index < -0.39 is 0 Å². The second-order valence-electron chi connectivity index (χ2n) is 18.8. The molecule has 1 nitrogen and oxygen atoms in total. The maximum Gasteiger partial charge on any atom is 0.0618 e. The van der Waals surface area contributed by atoms with E-state index in [-0.39, 0.29) is 5.41 Å². The SMILES string of the molecule is CC1(C)c2ccccc2-c2ccc(N(c3ccc(-c4ccc(-c5ccc(C67CC8CC(CC(C8)C6)C7)cc5)cc4)cc3)c3c4ccccc4cc4ccccc34)cc21. The number of hydrogen-bond acceptors (Lipinski definition) is 1. The molecule has 4 bridgehead atoms. The third-order valence-corrected chi connectivity index (χ3v) is 15.0. The summed E-state index contributed by atoms with van der Waals surface area (Å²) in [7, 11) is 0. The Labute approximate surface area is 343 Å². The second-order valence-corrected chi connectivity index (χ2v) is 18.8. The average Bonchev–Trinajstić information content (AvgIpc) is 3.49. The highest BCUT2D eigenvalue weighted by Gasteiger charge is 2.51. The number of anilines is 3. The molecule has 1 heteroatoms. The summed E-state index contributed by atoms with van der Waals surface area (Å²) in [4.78, 5) is 2.50. The Hall–Kier alpha value is -5.92. The normalized spacial score (nSPS) is 22.3. The van der Waals surface area contributed by atoms with Crippen molar-refractivity contribution in [2.24, 2.45) is 17.8 Å². The molecular formula is C57H49N. The molecule has 0 aromatic heterocycles. The van der Waals surface area contributed by atoms with Gasteiger partial charge in [0.15, 0.2) is 0 Å². The highest BCUT2D eigenvalue weighted by molar-refractivity contribution is 6.14. The van der Waals surface area contributed by atoms with E-state index in [0.29, 0.717) is 5.41 Å². The van der Waals surface area contributed by atoms with Gasteiger partial charge in [-0.15, -0.1) is 0 Å². The standard InChI is InChI=1S/C57H49N/c1-56(2)53-14-8-7-13-51(53)52-28-27-48(33-54(52)56)58(55-49-11-5-3-9-44(49)32-45-10-4-6-12-50(45)55)47-25-21-43(22-26-47)41-17-15-40(16-18-41)42-19-23-46(24-20-42)57-34-37-29-38(35-57)31-39(30-37)36-57/h3-28,32-33,37-39H,29-31,34-36H2,1-2H3. The molecule has 0 amide bonds. The van der Waals surface area contributed by atoms with Crippen LogP contribution < -0.4 is 4.90 Å². The first-order valence-electron chi connectivity index (χ1n) is 21.7. The Bertz CT molecular complexity index is 2790. The summed E-state index contributed by atoms with van der Waals surface area (Å²) in [5.41, 5.74) is 16.0. The quantitative estimate of drug-likeness (QED) is 0.153. The zero-order valence-electron chi connectivity index (χ0n) is 33.6. The minimum atomic E-state index is -0.0963. The highest BCUT2D eigenvalue weighted by Crippen LogP contribution is 2.61. The third-order valence-electron chi connectivity index (χ3n) is 15.0. The Kier molecular flexibility index (Phi) is 7.53. The first kappa shape index (κ1) is 34.1. The van der Waals surface area contributed by atoms with Crippen molar-refractivity contribution >= 4 is 38.6 Å². The molecule has 5 aliphatic carbocycles. The molecule has 8 aromatic rings. The monoisotopic (exact) mass is 747 g/mol. The van der Waals surface area contributed by atoms with E-state index in [1.807, 2.05) is 0 Å². The van der Waals surface area contributed by atoms with E-state index in [9.17, 15) is 0 Å². The zero-order valence-corrected chi connectivity index (χ0v) is 33.6. The van der Waals surface area contributed by atoms with Crippen LogP contribution in [-0.2, 0) is 10.8 Å². The largest absolute Gasteiger partial charge is 0.309 e. The van der Waals surface area contributed by atoms with Gasteiger partial charge in [-0.25, -0.2) is 0 Å². The summed E-state index contributed by atoms with van der Waals surface area (Å²) in [5.74, 6) is 2.91. The fourth-order valence-electron chi connectivity index (χ4n) is 12.6. The van der Waals surface area contributed by atoms with Crippen molar-refractivity contribution in [1.29, 1.82) is 0 Å². The van der Waals surface area contributed by atoms with Gasteiger partial charge in [-0.2, -0.15) is 0 Å². The first-order chi connectivity index (χ1) is 28.4. The summed E-state index contributed by atoms with van der Waals surface area (Å²) < 4.78 is 0. The van der Waals surface area contributed by atoms with Gasteiger partial charge in [0, 0.05) is 27.6 Å². The molecule has 0 aliphatic heterocycles. The van der Waals surface area contributed by atoms with Crippen LogP contribution in [-0.4, -0.2) is 0 Å². The van der Waals surface area contributed by atoms with Crippen LogP contribution in [0.1, 0.15) is 69.1 Å². The lowest BCUT2D eigenvalue weighted by Crippen LogP contribution is -2.48. The summed E-state index contributed by atoms with van der Waals surface area (Å²) >= 11 is 0. The average molecular weight is 748 g/mol. The maximum atomic E-state index is 2.50. The molecule has 58 heavy (non-hydrogen) atoms. The summed E-state index contributed by atoms with van der Waals surface area (Å²) in [6.07, 6.45) is 8.74. The summed E-state index contributed by atoms with van der Waals surface area (Å²) in [6, 6.07) is 64.3. The van der Waals surface area contributed by atoms with Crippen molar-refractivity contribution in [3.05, 3.63) is 187 Å². The van der Waals surface area contributed by atoms with Gasteiger partial charge < -0.3 is 4.90 Å². The van der Waals surface area contributed by atoms with Crippen LogP contribution in [0.3, 0.4) is 0 Å². The number of nitrogens with zero attached hydrogens (tertiary/aromatic N) is 1. The van der Waals surface area contributed by atoms with Crippen LogP contribution in [0.25, 0.3) is 54.9 Å². The molecule has 0 atom stereocenters. The fourth-order valence-corrected chi connectivity index (χ4v) is 12.6. The van der Waals surface area contributed by atoms with Crippen LogP contribution >= 0.6 is 0 Å². The minimum Gasteiger partial charge on any atom is -0.309 e. The minimum absolute atomic E-state index is 0.0963. The predicted octanol–water partition coefficient (Wildman–Crippen LogP) is 15.6. The molecule has 0 N–H and O–H groups in total. The van der Waals surface area contributed by atoms with E-state index >= 15 is 0 Å². The van der Waals surface area contributed by atoms with Gasteiger partial charge in [-0.05, 0) is 153 Å². The van der Waals surface area contributed by atoms with E-state index in [2.05, 4.69) is 189 Å². The van der Waals surface area contributed by atoms with E-state index in [4.69, 9.17) is 0 Å². The molecule has 5 aliphatic rings. The van der Waals surface area contributed by atoms with E-state index in [1.165, 1.54) is 116 Å². The van der Waals surface area contributed by atoms with Crippen LogP contribution in [0.5, 0.6) is 0 Å². The van der Waals surface area contributed by atoms with Crippen molar-refractivity contribution < 1.29 is 0 Å². The van der Waals surface area contributed by atoms with Crippen LogP contribution in [0, 0.1) is 17.8 Å².